The summed E-state index contributed by atoms with van der Waals surface area (Å²) < 4.78 is 60.9. The molecule has 2 rings (SSSR count). The van der Waals surface area contributed by atoms with E-state index in [9.17, 15) is 21.6 Å². The highest BCUT2D eigenvalue weighted by molar-refractivity contribution is 7.90. The Morgan fingerprint density at radius 2 is 2.00 bits per heavy atom. The van der Waals surface area contributed by atoms with E-state index in [4.69, 9.17) is 0 Å². The van der Waals surface area contributed by atoms with E-state index in [2.05, 4.69) is 20.4 Å². The average Bonchev–Trinajstić information content (AvgIpc) is 2.73. The summed E-state index contributed by atoms with van der Waals surface area (Å²) in [5.41, 5.74) is -1.02. The number of sulfone groups is 1. The Balaban J connectivity index is 2.26. The van der Waals surface area contributed by atoms with Gasteiger partial charge >= 0.3 is 6.18 Å². The predicted molar refractivity (Wildman–Crippen MR) is 58.9 cm³/mol. The fourth-order valence-electron chi connectivity index (χ4n) is 1.36. The molecule has 0 unspecified atom stereocenters. The molecule has 0 aliphatic carbocycles. The molecule has 0 radical (unpaired) electrons. The van der Waals surface area contributed by atoms with Gasteiger partial charge in [0.25, 0.3) is 0 Å². The molecule has 0 amide bonds. The highest BCUT2D eigenvalue weighted by Crippen LogP contribution is 2.29. The zero-order chi connectivity index (χ0) is 15.0. The monoisotopic (exact) mass is 307 g/mol. The first-order chi connectivity index (χ1) is 9.18. The molecule has 0 fully saturated rings. The van der Waals surface area contributed by atoms with Gasteiger partial charge in [-0.1, -0.05) is 0 Å². The molecule has 7 nitrogen and oxygen atoms in total. The van der Waals surface area contributed by atoms with Crippen molar-refractivity contribution in [2.24, 2.45) is 7.05 Å². The molecule has 0 aromatic carbocycles. The van der Waals surface area contributed by atoms with Gasteiger partial charge < -0.3 is 0 Å². The number of hydrogen-bond donors (Lipinski definition) is 0. The lowest BCUT2D eigenvalue weighted by molar-refractivity contribution is -0.137. The topological polar surface area (TPSA) is 90.6 Å². The second-order valence-corrected chi connectivity index (χ2v) is 5.77. The predicted octanol–water partition coefficient (Wildman–Crippen LogP) is 0.598. The first kappa shape index (κ1) is 14.4. The van der Waals surface area contributed by atoms with Gasteiger partial charge in [-0.05, 0) is 17.3 Å². The van der Waals surface area contributed by atoms with Crippen molar-refractivity contribution < 1.29 is 21.6 Å². The van der Waals surface area contributed by atoms with Crippen LogP contribution in [0.2, 0.25) is 0 Å². The lowest BCUT2D eigenvalue weighted by atomic mass is 10.3. The molecule has 0 saturated carbocycles. The summed E-state index contributed by atoms with van der Waals surface area (Å²) in [5, 5.41) is 10.2. The van der Waals surface area contributed by atoms with Crippen LogP contribution in [0.5, 0.6) is 0 Å². The van der Waals surface area contributed by atoms with Crippen molar-refractivity contribution in [3.8, 4) is 0 Å². The smallest absolute Gasteiger partial charge is 0.244 e. The number of halogens is 3. The number of rotatable bonds is 3. The van der Waals surface area contributed by atoms with Crippen LogP contribution in [0, 0.1) is 0 Å². The molecule has 20 heavy (non-hydrogen) atoms. The van der Waals surface area contributed by atoms with Gasteiger partial charge in [-0.2, -0.15) is 18.0 Å². The first-order valence-corrected chi connectivity index (χ1v) is 6.82. The number of tetrazole rings is 1. The van der Waals surface area contributed by atoms with Crippen LogP contribution in [0.15, 0.2) is 23.4 Å². The van der Waals surface area contributed by atoms with Crippen molar-refractivity contribution in [3.05, 3.63) is 29.7 Å². The Kier molecular flexibility index (Phi) is 3.46. The van der Waals surface area contributed by atoms with Crippen molar-refractivity contribution in [1.82, 2.24) is 25.2 Å². The van der Waals surface area contributed by atoms with Crippen LogP contribution in [0.25, 0.3) is 0 Å². The number of aromatic nitrogens is 5. The summed E-state index contributed by atoms with van der Waals surface area (Å²) >= 11 is 0. The second kappa shape index (κ2) is 4.81. The zero-order valence-corrected chi connectivity index (χ0v) is 10.9. The van der Waals surface area contributed by atoms with E-state index in [1.165, 1.54) is 7.05 Å². The number of pyridine rings is 1. The average molecular weight is 307 g/mol. The summed E-state index contributed by atoms with van der Waals surface area (Å²) in [7, 11) is -2.46. The van der Waals surface area contributed by atoms with E-state index < -0.39 is 32.4 Å². The van der Waals surface area contributed by atoms with Crippen LogP contribution in [-0.2, 0) is 28.8 Å². The summed E-state index contributed by atoms with van der Waals surface area (Å²) in [6, 6.07) is 1.46. The van der Waals surface area contributed by atoms with Crippen molar-refractivity contribution >= 4 is 9.84 Å². The third-order valence-electron chi connectivity index (χ3n) is 2.25. The van der Waals surface area contributed by atoms with Crippen molar-refractivity contribution in [3.63, 3.8) is 0 Å². The van der Waals surface area contributed by atoms with Crippen molar-refractivity contribution in [2.45, 2.75) is 17.0 Å². The molecule has 2 aromatic heterocycles. The first-order valence-electron chi connectivity index (χ1n) is 5.17. The minimum Gasteiger partial charge on any atom is -0.244 e. The molecule has 2 heterocycles. The van der Waals surface area contributed by atoms with Gasteiger partial charge in [0.05, 0.1) is 12.6 Å². The maximum absolute atomic E-state index is 12.3. The SMILES string of the molecule is Cn1nnc(CS(=O)(=O)c2ccc(C(F)(F)F)cn2)n1. The van der Waals surface area contributed by atoms with Crippen LogP contribution in [0.3, 0.4) is 0 Å². The third-order valence-corrected chi connectivity index (χ3v) is 3.77. The Bertz CT molecular complexity index is 708. The lowest BCUT2D eigenvalue weighted by Crippen LogP contribution is -2.11. The molecule has 0 atom stereocenters. The zero-order valence-electron chi connectivity index (χ0n) is 10.0. The molecule has 0 saturated heterocycles. The summed E-state index contributed by atoms with van der Waals surface area (Å²) in [6.45, 7) is 0. The van der Waals surface area contributed by atoms with Crippen LogP contribution in [0.4, 0.5) is 13.2 Å². The molecule has 0 bridgehead atoms. The van der Waals surface area contributed by atoms with E-state index in [0.717, 1.165) is 10.9 Å². The van der Waals surface area contributed by atoms with E-state index in [-0.39, 0.29) is 5.82 Å². The standard InChI is InChI=1S/C9H8F3N5O2S/c1-17-15-7(14-16-17)5-20(18,19)8-3-2-6(4-13-8)9(10,11)12/h2-4H,5H2,1H3. The van der Waals surface area contributed by atoms with Crippen molar-refractivity contribution in [1.29, 1.82) is 0 Å². The Hall–Kier alpha value is -2.04. The van der Waals surface area contributed by atoms with Crippen LogP contribution in [0.1, 0.15) is 11.4 Å². The van der Waals surface area contributed by atoms with Crippen molar-refractivity contribution in [2.75, 3.05) is 0 Å². The Labute approximate surface area is 111 Å². The number of nitrogens with zero attached hydrogens (tertiary/aromatic N) is 5. The molecule has 0 aliphatic rings. The minimum atomic E-state index is -4.57. The second-order valence-electron chi connectivity index (χ2n) is 3.84. The maximum Gasteiger partial charge on any atom is 0.417 e. The maximum atomic E-state index is 12.3. The molecule has 0 spiro atoms. The van der Waals surface area contributed by atoms with Gasteiger partial charge in [0.2, 0.25) is 9.84 Å². The van der Waals surface area contributed by atoms with E-state index in [0.29, 0.717) is 12.3 Å². The Morgan fingerprint density at radius 1 is 1.30 bits per heavy atom. The number of aryl methyl sites for hydroxylation is 1. The van der Waals surface area contributed by atoms with Crippen LogP contribution >= 0.6 is 0 Å². The normalized spacial score (nSPS) is 12.6. The highest BCUT2D eigenvalue weighted by Gasteiger charge is 2.31. The van der Waals surface area contributed by atoms with E-state index >= 15 is 0 Å². The minimum absolute atomic E-state index is 0.0609. The van der Waals surface area contributed by atoms with Gasteiger partial charge in [-0.25, -0.2) is 13.4 Å². The van der Waals surface area contributed by atoms with Gasteiger partial charge in [0, 0.05) is 6.20 Å². The molecule has 0 N–H and O–H groups in total. The van der Waals surface area contributed by atoms with E-state index in [1.54, 1.807) is 0 Å². The number of alkyl halides is 3. The van der Waals surface area contributed by atoms with E-state index in [1.807, 2.05) is 0 Å². The third kappa shape index (κ3) is 3.10. The molecule has 11 heteroatoms. The summed E-state index contributed by atoms with van der Waals surface area (Å²) in [4.78, 5) is 4.40. The summed E-state index contributed by atoms with van der Waals surface area (Å²) in [6.07, 6.45) is -4.10. The van der Waals surface area contributed by atoms with Gasteiger partial charge in [0.15, 0.2) is 10.9 Å². The van der Waals surface area contributed by atoms with Crippen LogP contribution in [-0.4, -0.2) is 33.6 Å². The number of hydrogen-bond acceptors (Lipinski definition) is 6. The van der Waals surface area contributed by atoms with Gasteiger partial charge in [-0.15, -0.1) is 10.2 Å². The molecule has 108 valence electrons. The molecular formula is C9H8F3N5O2S. The lowest BCUT2D eigenvalue weighted by Gasteiger charge is -2.06. The fourth-order valence-corrected chi connectivity index (χ4v) is 2.45. The Morgan fingerprint density at radius 3 is 2.45 bits per heavy atom. The highest BCUT2D eigenvalue weighted by atomic mass is 32.2. The van der Waals surface area contributed by atoms with Gasteiger partial charge in [0.1, 0.15) is 5.75 Å². The fraction of sp³-hybridized carbons (Fsp3) is 0.333. The molecule has 0 aliphatic heterocycles. The molecule has 2 aromatic rings. The molecular weight excluding hydrogens is 299 g/mol. The van der Waals surface area contributed by atoms with Crippen LogP contribution < -0.4 is 0 Å². The quantitative estimate of drug-likeness (QED) is 0.824. The largest absolute Gasteiger partial charge is 0.417 e. The van der Waals surface area contributed by atoms with Gasteiger partial charge in [-0.3, -0.25) is 0 Å². The summed E-state index contributed by atoms with van der Waals surface area (Å²) in [5.74, 6) is -0.645.